The van der Waals surface area contributed by atoms with Gasteiger partial charge >= 0.3 is 0 Å². The van der Waals surface area contributed by atoms with Crippen molar-refractivity contribution in [1.82, 2.24) is 14.4 Å². The fourth-order valence-corrected chi connectivity index (χ4v) is 2.54. The summed E-state index contributed by atoms with van der Waals surface area (Å²) in [4.78, 5) is 8.95. The second-order valence-corrected chi connectivity index (χ2v) is 6.60. The molecule has 3 aromatic rings. The van der Waals surface area contributed by atoms with Crippen LogP contribution in [0, 0.1) is 13.8 Å². The second kappa shape index (κ2) is 5.13. The summed E-state index contributed by atoms with van der Waals surface area (Å²) in [6.45, 7) is 10.3. The van der Waals surface area contributed by atoms with Gasteiger partial charge in [0.15, 0.2) is 0 Å². The van der Waals surface area contributed by atoms with Crippen LogP contribution in [0.4, 0.5) is 0 Å². The molecule has 114 valence electrons. The first-order chi connectivity index (χ1) is 10.3. The van der Waals surface area contributed by atoms with Crippen LogP contribution in [-0.4, -0.2) is 20.0 Å². The van der Waals surface area contributed by atoms with Crippen LogP contribution in [0.15, 0.2) is 36.8 Å². The molecule has 0 radical (unpaired) electrons. The van der Waals surface area contributed by atoms with E-state index in [1.54, 1.807) is 6.20 Å². The first-order valence-corrected chi connectivity index (χ1v) is 7.44. The third-order valence-electron chi connectivity index (χ3n) is 3.44. The van der Waals surface area contributed by atoms with E-state index in [2.05, 4.69) is 42.1 Å². The molecule has 0 aliphatic rings. The Morgan fingerprint density at radius 3 is 2.55 bits per heavy atom. The fourth-order valence-electron chi connectivity index (χ4n) is 2.54. The lowest BCUT2D eigenvalue weighted by Crippen LogP contribution is -2.22. The van der Waals surface area contributed by atoms with Crippen molar-refractivity contribution < 1.29 is 4.74 Å². The van der Waals surface area contributed by atoms with Gasteiger partial charge in [-0.05, 0) is 63.9 Å². The Balaban J connectivity index is 2.05. The second-order valence-electron chi connectivity index (χ2n) is 6.60. The number of benzene rings is 1. The van der Waals surface area contributed by atoms with E-state index in [1.807, 2.05) is 37.4 Å². The molecule has 0 N–H and O–H groups in total. The van der Waals surface area contributed by atoms with E-state index in [0.717, 1.165) is 33.9 Å². The van der Waals surface area contributed by atoms with Gasteiger partial charge in [0.05, 0.1) is 5.69 Å². The maximum Gasteiger partial charge on any atom is 0.234 e. The van der Waals surface area contributed by atoms with Gasteiger partial charge in [0, 0.05) is 24.2 Å². The van der Waals surface area contributed by atoms with Crippen LogP contribution in [0.5, 0.6) is 5.75 Å². The van der Waals surface area contributed by atoms with Gasteiger partial charge in [0.2, 0.25) is 5.78 Å². The molecule has 0 amide bonds. The quantitative estimate of drug-likeness (QED) is 0.711. The van der Waals surface area contributed by atoms with E-state index in [9.17, 15) is 0 Å². The van der Waals surface area contributed by atoms with Crippen molar-refractivity contribution in [2.45, 2.75) is 40.2 Å². The van der Waals surface area contributed by atoms with Crippen molar-refractivity contribution in [2.24, 2.45) is 0 Å². The summed E-state index contributed by atoms with van der Waals surface area (Å²) in [7, 11) is 0. The maximum absolute atomic E-state index is 5.92. The Kier molecular flexibility index (Phi) is 3.39. The number of nitrogens with zero attached hydrogens (tertiary/aromatic N) is 3. The smallest absolute Gasteiger partial charge is 0.234 e. The zero-order valence-electron chi connectivity index (χ0n) is 13.7. The van der Waals surface area contributed by atoms with E-state index in [-0.39, 0.29) is 5.60 Å². The van der Waals surface area contributed by atoms with Crippen LogP contribution in [0.2, 0.25) is 0 Å². The molecule has 1 aromatic carbocycles. The molecule has 2 heterocycles. The number of rotatable bonds is 2. The minimum absolute atomic E-state index is 0.198. The highest BCUT2D eigenvalue weighted by atomic mass is 16.5. The molecule has 0 atom stereocenters. The van der Waals surface area contributed by atoms with Crippen molar-refractivity contribution >= 4 is 5.78 Å². The molecule has 22 heavy (non-hydrogen) atoms. The van der Waals surface area contributed by atoms with Gasteiger partial charge < -0.3 is 4.74 Å². The molecule has 0 fully saturated rings. The van der Waals surface area contributed by atoms with Crippen molar-refractivity contribution in [3.8, 4) is 17.0 Å². The molecule has 4 nitrogen and oxygen atoms in total. The zero-order chi connectivity index (χ0) is 15.9. The number of fused-ring (bicyclic) bond motifs is 1. The van der Waals surface area contributed by atoms with Gasteiger partial charge in [-0.2, -0.15) is 0 Å². The van der Waals surface area contributed by atoms with Crippen LogP contribution in [0.25, 0.3) is 17.0 Å². The molecule has 0 aliphatic heterocycles. The normalized spacial score (nSPS) is 11.9. The maximum atomic E-state index is 5.92. The van der Waals surface area contributed by atoms with Gasteiger partial charge in [0.1, 0.15) is 11.4 Å². The zero-order valence-corrected chi connectivity index (χ0v) is 13.7. The predicted molar refractivity (Wildman–Crippen MR) is 88.3 cm³/mol. The summed E-state index contributed by atoms with van der Waals surface area (Å²) < 4.78 is 7.86. The lowest BCUT2D eigenvalue weighted by atomic mass is 10.0. The highest BCUT2D eigenvalue weighted by Crippen LogP contribution is 2.29. The monoisotopic (exact) mass is 295 g/mol. The van der Waals surface area contributed by atoms with Crippen LogP contribution < -0.4 is 4.74 Å². The van der Waals surface area contributed by atoms with Crippen LogP contribution in [0.1, 0.15) is 31.9 Å². The Labute approximate surface area is 130 Å². The third-order valence-corrected chi connectivity index (χ3v) is 3.44. The summed E-state index contributed by atoms with van der Waals surface area (Å²) in [6, 6.07) is 6.15. The Morgan fingerprint density at radius 2 is 1.86 bits per heavy atom. The molecule has 3 rings (SSSR count). The lowest BCUT2D eigenvalue weighted by molar-refractivity contribution is 0.131. The molecule has 0 saturated carbocycles. The third kappa shape index (κ3) is 2.82. The van der Waals surface area contributed by atoms with E-state index in [1.165, 1.54) is 0 Å². The van der Waals surface area contributed by atoms with Crippen LogP contribution in [0.3, 0.4) is 0 Å². The molecule has 2 aromatic heterocycles. The van der Waals surface area contributed by atoms with Gasteiger partial charge in [-0.3, -0.25) is 4.40 Å². The minimum Gasteiger partial charge on any atom is -0.488 e. The van der Waals surface area contributed by atoms with E-state index in [0.29, 0.717) is 0 Å². The van der Waals surface area contributed by atoms with Crippen LogP contribution >= 0.6 is 0 Å². The van der Waals surface area contributed by atoms with Gasteiger partial charge in [0.25, 0.3) is 0 Å². The molecule has 0 bridgehead atoms. The van der Waals surface area contributed by atoms with Gasteiger partial charge in [-0.25, -0.2) is 9.97 Å². The molecule has 4 heteroatoms. The lowest BCUT2D eigenvalue weighted by Gasteiger charge is -2.22. The topological polar surface area (TPSA) is 39.4 Å². The number of aromatic nitrogens is 3. The number of imidazole rings is 1. The average Bonchev–Trinajstić information content (AvgIpc) is 2.83. The number of hydrogen-bond acceptors (Lipinski definition) is 3. The Morgan fingerprint density at radius 1 is 1.09 bits per heavy atom. The van der Waals surface area contributed by atoms with E-state index in [4.69, 9.17) is 4.74 Å². The highest BCUT2D eigenvalue weighted by molar-refractivity contribution is 5.68. The summed E-state index contributed by atoms with van der Waals surface area (Å²) in [5.74, 6) is 1.60. The highest BCUT2D eigenvalue weighted by Gasteiger charge is 2.14. The van der Waals surface area contributed by atoms with Gasteiger partial charge in [-0.1, -0.05) is 0 Å². The molecular formula is C18H21N3O. The summed E-state index contributed by atoms with van der Waals surface area (Å²) in [6.07, 6.45) is 5.73. The van der Waals surface area contributed by atoms with Crippen molar-refractivity contribution in [3.63, 3.8) is 0 Å². The summed E-state index contributed by atoms with van der Waals surface area (Å²) >= 11 is 0. The first-order valence-electron chi connectivity index (χ1n) is 7.44. The fraction of sp³-hybridized carbons (Fsp3) is 0.333. The summed E-state index contributed by atoms with van der Waals surface area (Å²) in [5.41, 5.74) is 4.16. The Bertz CT molecular complexity index is 828. The van der Waals surface area contributed by atoms with Crippen molar-refractivity contribution in [1.29, 1.82) is 0 Å². The molecule has 0 saturated heterocycles. The minimum atomic E-state index is -0.198. The molecule has 0 spiro atoms. The first kappa shape index (κ1) is 14.6. The number of aryl methyl sites for hydroxylation is 2. The largest absolute Gasteiger partial charge is 0.488 e. The Hall–Kier alpha value is -2.36. The number of ether oxygens (including phenoxy) is 1. The average molecular weight is 295 g/mol. The summed E-state index contributed by atoms with van der Waals surface area (Å²) in [5, 5.41) is 0. The van der Waals surface area contributed by atoms with Crippen LogP contribution in [-0.2, 0) is 0 Å². The number of hydrogen-bond donors (Lipinski definition) is 0. The predicted octanol–water partition coefficient (Wildman–Crippen LogP) is 4.19. The van der Waals surface area contributed by atoms with Crippen molar-refractivity contribution in [3.05, 3.63) is 47.9 Å². The van der Waals surface area contributed by atoms with E-state index >= 15 is 0 Å². The standard InChI is InChI=1S/C18H21N3O/c1-12-10-14(22-18(3,4)5)6-7-15(12)16-13(2)11-21-9-8-19-17(21)20-16/h6-11H,1-5H3. The molecule has 0 unspecified atom stereocenters. The van der Waals surface area contributed by atoms with Crippen molar-refractivity contribution in [2.75, 3.05) is 0 Å². The molecule has 0 aliphatic carbocycles. The SMILES string of the molecule is Cc1cc(OC(C)(C)C)ccc1-c1nc2nccn2cc1C. The van der Waals surface area contributed by atoms with Gasteiger partial charge in [-0.15, -0.1) is 0 Å². The van der Waals surface area contributed by atoms with E-state index < -0.39 is 0 Å². The molecular weight excluding hydrogens is 274 g/mol.